The summed E-state index contributed by atoms with van der Waals surface area (Å²) in [5, 5.41) is 7.68. The standard InChI is InChI=1S/C26H24BrN3O2/c1-18-25(19(2)30(29-18)23-9-4-3-5-10-23)16-28-26(31)21-8-6-7-20(15-21)17-32-24-13-11-22(27)12-14-24/h3-15H,16-17H2,1-2H3,(H,28,31). The van der Waals surface area contributed by atoms with Crippen LogP contribution in [0.3, 0.4) is 0 Å². The number of aromatic nitrogens is 2. The van der Waals surface area contributed by atoms with E-state index in [4.69, 9.17) is 4.74 Å². The molecule has 4 aromatic rings. The van der Waals surface area contributed by atoms with Crippen molar-refractivity contribution in [3.05, 3.63) is 111 Å². The maximum atomic E-state index is 12.8. The number of halogens is 1. The van der Waals surface area contributed by atoms with Gasteiger partial charge >= 0.3 is 0 Å². The summed E-state index contributed by atoms with van der Waals surface area (Å²) in [6, 6.07) is 25.2. The third-order valence-electron chi connectivity index (χ3n) is 5.28. The third-order valence-corrected chi connectivity index (χ3v) is 5.80. The van der Waals surface area contributed by atoms with Gasteiger partial charge < -0.3 is 10.1 Å². The molecule has 0 bridgehead atoms. The third kappa shape index (κ3) is 5.08. The van der Waals surface area contributed by atoms with Crippen molar-refractivity contribution in [2.45, 2.75) is 27.0 Å². The van der Waals surface area contributed by atoms with Gasteiger partial charge in [0.25, 0.3) is 5.91 Å². The molecule has 0 spiro atoms. The van der Waals surface area contributed by atoms with E-state index in [2.05, 4.69) is 26.3 Å². The van der Waals surface area contributed by atoms with Crippen molar-refractivity contribution < 1.29 is 9.53 Å². The number of hydrogen-bond acceptors (Lipinski definition) is 3. The van der Waals surface area contributed by atoms with Crippen LogP contribution in [-0.4, -0.2) is 15.7 Å². The van der Waals surface area contributed by atoms with Gasteiger partial charge in [0.05, 0.1) is 11.4 Å². The molecule has 1 amide bonds. The van der Waals surface area contributed by atoms with Crippen LogP contribution in [0.25, 0.3) is 5.69 Å². The molecule has 0 saturated heterocycles. The minimum Gasteiger partial charge on any atom is -0.489 e. The second-order valence-electron chi connectivity index (χ2n) is 7.52. The summed E-state index contributed by atoms with van der Waals surface area (Å²) in [7, 11) is 0. The first kappa shape index (κ1) is 21.8. The Morgan fingerprint density at radius 1 is 1.00 bits per heavy atom. The van der Waals surface area contributed by atoms with Crippen LogP contribution in [0.2, 0.25) is 0 Å². The van der Waals surface area contributed by atoms with Crippen LogP contribution in [0.1, 0.15) is 32.9 Å². The summed E-state index contributed by atoms with van der Waals surface area (Å²) in [6.45, 7) is 4.80. The molecule has 1 heterocycles. The van der Waals surface area contributed by atoms with E-state index in [0.29, 0.717) is 18.7 Å². The van der Waals surface area contributed by atoms with Gasteiger partial charge in [-0.25, -0.2) is 4.68 Å². The molecular formula is C26H24BrN3O2. The quantitative estimate of drug-likeness (QED) is 0.359. The summed E-state index contributed by atoms with van der Waals surface area (Å²) < 4.78 is 8.74. The van der Waals surface area contributed by atoms with Crippen molar-refractivity contribution in [1.29, 1.82) is 0 Å². The molecule has 0 saturated carbocycles. The summed E-state index contributed by atoms with van der Waals surface area (Å²) in [5.41, 5.74) is 5.49. The topological polar surface area (TPSA) is 56.2 Å². The van der Waals surface area contributed by atoms with E-state index in [0.717, 1.165) is 38.4 Å². The lowest BCUT2D eigenvalue weighted by molar-refractivity contribution is 0.0950. The van der Waals surface area contributed by atoms with E-state index < -0.39 is 0 Å². The van der Waals surface area contributed by atoms with Gasteiger partial charge in [-0.15, -0.1) is 0 Å². The molecule has 0 aliphatic carbocycles. The predicted octanol–water partition coefficient (Wildman–Crippen LogP) is 5.76. The molecule has 0 fully saturated rings. The molecule has 0 radical (unpaired) electrons. The number of amides is 1. The molecule has 32 heavy (non-hydrogen) atoms. The smallest absolute Gasteiger partial charge is 0.251 e. The van der Waals surface area contributed by atoms with Gasteiger partial charge in [0.15, 0.2) is 0 Å². The largest absolute Gasteiger partial charge is 0.489 e. The first-order valence-corrected chi connectivity index (χ1v) is 11.2. The van der Waals surface area contributed by atoms with E-state index in [1.165, 1.54) is 0 Å². The molecule has 0 aliphatic heterocycles. The van der Waals surface area contributed by atoms with Crippen molar-refractivity contribution >= 4 is 21.8 Å². The average molecular weight is 490 g/mol. The minimum atomic E-state index is -0.123. The number of carbonyl (C=O) groups excluding carboxylic acids is 1. The second-order valence-corrected chi connectivity index (χ2v) is 8.44. The van der Waals surface area contributed by atoms with Crippen molar-refractivity contribution in [3.8, 4) is 11.4 Å². The summed E-state index contributed by atoms with van der Waals surface area (Å²) in [4.78, 5) is 12.8. The second kappa shape index (κ2) is 9.83. The number of benzene rings is 3. The van der Waals surface area contributed by atoms with Crippen molar-refractivity contribution in [2.24, 2.45) is 0 Å². The Bertz CT molecular complexity index is 1220. The highest BCUT2D eigenvalue weighted by atomic mass is 79.9. The number of para-hydroxylation sites is 1. The fourth-order valence-electron chi connectivity index (χ4n) is 3.52. The molecule has 6 heteroatoms. The Labute approximate surface area is 196 Å². The lowest BCUT2D eigenvalue weighted by Gasteiger charge is -2.09. The van der Waals surface area contributed by atoms with Gasteiger partial charge in [-0.3, -0.25) is 4.79 Å². The Morgan fingerprint density at radius 2 is 1.75 bits per heavy atom. The molecule has 5 nitrogen and oxygen atoms in total. The monoisotopic (exact) mass is 489 g/mol. The van der Waals surface area contributed by atoms with Crippen LogP contribution in [0.5, 0.6) is 5.75 Å². The summed E-state index contributed by atoms with van der Waals surface area (Å²) in [6.07, 6.45) is 0. The molecule has 0 aliphatic rings. The number of rotatable bonds is 7. The Morgan fingerprint density at radius 3 is 2.50 bits per heavy atom. The first-order chi connectivity index (χ1) is 15.5. The summed E-state index contributed by atoms with van der Waals surface area (Å²) >= 11 is 3.42. The zero-order valence-corrected chi connectivity index (χ0v) is 19.6. The van der Waals surface area contributed by atoms with E-state index in [1.54, 1.807) is 0 Å². The van der Waals surface area contributed by atoms with Crippen LogP contribution < -0.4 is 10.1 Å². The van der Waals surface area contributed by atoms with E-state index in [1.807, 2.05) is 97.4 Å². The minimum absolute atomic E-state index is 0.123. The van der Waals surface area contributed by atoms with Gasteiger partial charge in [0, 0.05) is 27.8 Å². The van der Waals surface area contributed by atoms with Crippen LogP contribution in [0, 0.1) is 13.8 Å². The normalized spacial score (nSPS) is 10.7. The van der Waals surface area contributed by atoms with Gasteiger partial charge in [-0.05, 0) is 67.9 Å². The Hall–Kier alpha value is -3.38. The molecule has 1 aromatic heterocycles. The molecule has 4 rings (SSSR count). The van der Waals surface area contributed by atoms with Crippen molar-refractivity contribution in [1.82, 2.24) is 15.1 Å². The molecule has 162 valence electrons. The van der Waals surface area contributed by atoms with Gasteiger partial charge in [-0.1, -0.05) is 46.3 Å². The highest BCUT2D eigenvalue weighted by molar-refractivity contribution is 9.10. The van der Waals surface area contributed by atoms with E-state index >= 15 is 0 Å². The van der Waals surface area contributed by atoms with Crippen LogP contribution in [-0.2, 0) is 13.2 Å². The lowest BCUT2D eigenvalue weighted by atomic mass is 10.1. The maximum Gasteiger partial charge on any atom is 0.251 e. The van der Waals surface area contributed by atoms with E-state index in [-0.39, 0.29) is 5.91 Å². The predicted molar refractivity (Wildman–Crippen MR) is 129 cm³/mol. The number of carbonyl (C=O) groups is 1. The van der Waals surface area contributed by atoms with Crippen LogP contribution in [0.4, 0.5) is 0 Å². The number of nitrogens with one attached hydrogen (secondary N) is 1. The fourth-order valence-corrected chi connectivity index (χ4v) is 3.79. The number of hydrogen-bond donors (Lipinski definition) is 1. The van der Waals surface area contributed by atoms with Crippen molar-refractivity contribution in [2.75, 3.05) is 0 Å². The fraction of sp³-hybridized carbons (Fsp3) is 0.154. The van der Waals surface area contributed by atoms with Gasteiger partial charge in [0.2, 0.25) is 0 Å². The van der Waals surface area contributed by atoms with Crippen molar-refractivity contribution in [3.63, 3.8) is 0 Å². The molecule has 0 unspecified atom stereocenters. The molecule has 3 aromatic carbocycles. The Balaban J connectivity index is 1.41. The maximum absolute atomic E-state index is 12.8. The SMILES string of the molecule is Cc1nn(-c2ccccc2)c(C)c1CNC(=O)c1cccc(COc2ccc(Br)cc2)c1. The van der Waals surface area contributed by atoms with Gasteiger partial charge in [-0.2, -0.15) is 5.10 Å². The number of aryl methyl sites for hydroxylation is 1. The van der Waals surface area contributed by atoms with Gasteiger partial charge in [0.1, 0.15) is 12.4 Å². The van der Waals surface area contributed by atoms with Crippen LogP contribution >= 0.6 is 15.9 Å². The first-order valence-electron chi connectivity index (χ1n) is 10.4. The average Bonchev–Trinajstić information content (AvgIpc) is 3.11. The molecule has 0 atom stereocenters. The van der Waals surface area contributed by atoms with E-state index in [9.17, 15) is 4.79 Å². The highest BCUT2D eigenvalue weighted by Gasteiger charge is 2.14. The zero-order chi connectivity index (χ0) is 22.5. The molecule has 1 N–H and O–H groups in total. The molecular weight excluding hydrogens is 466 g/mol. The summed E-state index contributed by atoms with van der Waals surface area (Å²) in [5.74, 6) is 0.659. The lowest BCUT2D eigenvalue weighted by Crippen LogP contribution is -2.23. The Kier molecular flexibility index (Phi) is 6.71. The number of ether oxygens (including phenoxy) is 1. The highest BCUT2D eigenvalue weighted by Crippen LogP contribution is 2.19. The zero-order valence-electron chi connectivity index (χ0n) is 18.0. The number of nitrogens with zero attached hydrogens (tertiary/aromatic N) is 2. The van der Waals surface area contributed by atoms with Crippen LogP contribution in [0.15, 0.2) is 83.3 Å².